The van der Waals surface area contributed by atoms with Crippen LogP contribution in [0.3, 0.4) is 0 Å². The van der Waals surface area contributed by atoms with Crippen LogP contribution in [0.2, 0.25) is 0 Å². The molecule has 1 unspecified atom stereocenters. The molecule has 1 N–H and O–H groups in total. The molecule has 0 bridgehead atoms. The van der Waals surface area contributed by atoms with Gasteiger partial charge in [0.2, 0.25) is 0 Å². The van der Waals surface area contributed by atoms with Gasteiger partial charge in [0.05, 0.1) is 0 Å². The van der Waals surface area contributed by atoms with E-state index in [1.807, 2.05) is 0 Å². The molecule has 1 heteroatoms. The molecule has 0 aliphatic heterocycles. The molecule has 0 spiro atoms. The molecule has 1 nitrogen and oxygen atoms in total. The third kappa shape index (κ3) is 6.77. The van der Waals surface area contributed by atoms with Crippen LogP contribution in [0.5, 0.6) is 0 Å². The molecule has 0 heterocycles. The molecule has 0 saturated carbocycles. The summed E-state index contributed by atoms with van der Waals surface area (Å²) in [5.41, 5.74) is 4.58. The average molecular weight is 261 g/mol. The summed E-state index contributed by atoms with van der Waals surface area (Å²) in [4.78, 5) is 0. The predicted octanol–water partition coefficient (Wildman–Crippen LogP) is 4.65. The van der Waals surface area contributed by atoms with Crippen molar-refractivity contribution in [3.05, 3.63) is 34.9 Å². The van der Waals surface area contributed by atoms with Crippen LogP contribution in [-0.2, 0) is 6.42 Å². The first-order valence-electron chi connectivity index (χ1n) is 7.59. The van der Waals surface area contributed by atoms with Crippen molar-refractivity contribution in [1.29, 1.82) is 0 Å². The van der Waals surface area contributed by atoms with Gasteiger partial charge in [-0.25, -0.2) is 0 Å². The second-order valence-corrected chi connectivity index (χ2v) is 7.04. The lowest BCUT2D eigenvalue weighted by Gasteiger charge is -2.22. The van der Waals surface area contributed by atoms with Crippen LogP contribution in [0.25, 0.3) is 0 Å². The molecule has 0 aliphatic carbocycles. The zero-order chi connectivity index (χ0) is 14.5. The van der Waals surface area contributed by atoms with E-state index < -0.39 is 0 Å². The fourth-order valence-electron chi connectivity index (χ4n) is 2.31. The summed E-state index contributed by atoms with van der Waals surface area (Å²) < 4.78 is 0. The lowest BCUT2D eigenvalue weighted by atomic mass is 9.95. The Hall–Kier alpha value is -0.820. The van der Waals surface area contributed by atoms with Gasteiger partial charge in [0.25, 0.3) is 0 Å². The Labute approximate surface area is 119 Å². The highest BCUT2D eigenvalue weighted by molar-refractivity contribution is 5.30. The van der Waals surface area contributed by atoms with E-state index in [9.17, 15) is 0 Å². The Balaban J connectivity index is 2.34. The van der Waals surface area contributed by atoms with Crippen LogP contribution >= 0.6 is 0 Å². The topological polar surface area (TPSA) is 12.0 Å². The second kappa shape index (κ2) is 7.09. The maximum absolute atomic E-state index is 3.57. The lowest BCUT2D eigenvalue weighted by Crippen LogP contribution is -2.36. The maximum Gasteiger partial charge on any atom is 0.00965 e. The zero-order valence-electron chi connectivity index (χ0n) is 13.6. The predicted molar refractivity (Wildman–Crippen MR) is 85.8 cm³/mol. The summed E-state index contributed by atoms with van der Waals surface area (Å²) in [6.07, 6.45) is 3.77. The monoisotopic (exact) mass is 261 g/mol. The average Bonchev–Trinajstić information content (AvgIpc) is 2.28. The van der Waals surface area contributed by atoms with Crippen LogP contribution in [0.15, 0.2) is 18.2 Å². The third-order valence-corrected chi connectivity index (χ3v) is 3.70. The Morgan fingerprint density at radius 1 is 1.11 bits per heavy atom. The molecule has 1 rings (SSSR count). The van der Waals surface area contributed by atoms with Crippen molar-refractivity contribution < 1.29 is 0 Å². The number of benzene rings is 1. The van der Waals surface area contributed by atoms with Crippen LogP contribution in [0.4, 0.5) is 0 Å². The van der Waals surface area contributed by atoms with E-state index in [1.54, 1.807) is 0 Å². The number of hydrogen-bond donors (Lipinski definition) is 1. The van der Waals surface area contributed by atoms with Crippen LogP contribution in [0.1, 0.15) is 57.2 Å². The van der Waals surface area contributed by atoms with Gasteiger partial charge < -0.3 is 5.32 Å². The molecule has 19 heavy (non-hydrogen) atoms. The summed E-state index contributed by atoms with van der Waals surface area (Å²) in [7, 11) is 0. The molecule has 0 radical (unpaired) electrons. The van der Waals surface area contributed by atoms with Gasteiger partial charge in [-0.1, -0.05) is 30.7 Å². The molecule has 0 saturated heterocycles. The molecule has 0 fully saturated rings. The van der Waals surface area contributed by atoms with Crippen molar-refractivity contribution >= 4 is 0 Å². The van der Waals surface area contributed by atoms with Gasteiger partial charge in [-0.2, -0.15) is 0 Å². The zero-order valence-corrected chi connectivity index (χ0v) is 13.6. The smallest absolute Gasteiger partial charge is 0.00965 e. The minimum absolute atomic E-state index is 0.243. The number of rotatable bonds is 6. The molecule has 1 atom stereocenters. The number of nitrogens with one attached hydrogen (secondary N) is 1. The van der Waals surface area contributed by atoms with Gasteiger partial charge in [-0.05, 0) is 77.5 Å². The number of hydrogen-bond acceptors (Lipinski definition) is 1. The number of aryl methyl sites for hydroxylation is 3. The fourth-order valence-corrected chi connectivity index (χ4v) is 2.31. The highest BCUT2D eigenvalue weighted by Gasteiger charge is 2.10. The van der Waals surface area contributed by atoms with Crippen LogP contribution in [0, 0.1) is 19.8 Å². The second-order valence-electron chi connectivity index (χ2n) is 7.04. The Bertz CT molecular complexity index is 387. The first-order chi connectivity index (χ1) is 8.78. The minimum atomic E-state index is 0.243. The van der Waals surface area contributed by atoms with E-state index in [2.05, 4.69) is 65.1 Å². The first kappa shape index (κ1) is 16.2. The first-order valence-corrected chi connectivity index (χ1v) is 7.59. The Kier molecular flexibility index (Phi) is 6.06. The van der Waals surface area contributed by atoms with Gasteiger partial charge in [-0.15, -0.1) is 0 Å². The highest BCUT2D eigenvalue weighted by atomic mass is 14.9. The van der Waals surface area contributed by atoms with Gasteiger partial charge in [0.1, 0.15) is 0 Å². The minimum Gasteiger partial charge on any atom is -0.312 e. The molecule has 1 aromatic rings. The van der Waals surface area contributed by atoms with E-state index in [0.717, 1.165) is 12.5 Å². The summed E-state index contributed by atoms with van der Waals surface area (Å²) in [5, 5.41) is 3.57. The Morgan fingerprint density at radius 2 is 1.79 bits per heavy atom. The molecule has 0 amide bonds. The molecule has 108 valence electrons. The van der Waals surface area contributed by atoms with Gasteiger partial charge in [0, 0.05) is 5.54 Å². The largest absolute Gasteiger partial charge is 0.312 e. The highest BCUT2D eigenvalue weighted by Crippen LogP contribution is 2.17. The summed E-state index contributed by atoms with van der Waals surface area (Å²) in [6, 6.07) is 6.79. The standard InChI is InChI=1S/C18H31N/c1-14(11-12-19-18(4,5)6)8-10-17-13-15(2)7-9-16(17)3/h7,9,13-14,19H,8,10-12H2,1-6H3. The van der Waals surface area contributed by atoms with Gasteiger partial charge in [0.15, 0.2) is 0 Å². The normalized spacial score (nSPS) is 13.6. The van der Waals surface area contributed by atoms with Crippen LogP contribution < -0.4 is 5.32 Å². The molecular formula is C18H31N. The fraction of sp³-hybridized carbons (Fsp3) is 0.667. The third-order valence-electron chi connectivity index (χ3n) is 3.70. The van der Waals surface area contributed by atoms with Crippen molar-refractivity contribution in [3.8, 4) is 0 Å². The lowest BCUT2D eigenvalue weighted by molar-refractivity contribution is 0.386. The molecule has 0 aliphatic rings. The van der Waals surface area contributed by atoms with E-state index in [-0.39, 0.29) is 5.54 Å². The van der Waals surface area contributed by atoms with Crippen molar-refractivity contribution in [2.24, 2.45) is 5.92 Å². The van der Waals surface area contributed by atoms with Crippen molar-refractivity contribution in [1.82, 2.24) is 5.32 Å². The van der Waals surface area contributed by atoms with E-state index in [4.69, 9.17) is 0 Å². The van der Waals surface area contributed by atoms with Crippen molar-refractivity contribution in [2.45, 2.75) is 66.3 Å². The summed E-state index contributed by atoms with van der Waals surface area (Å²) in [6.45, 7) is 14.6. The SMILES string of the molecule is Cc1ccc(C)c(CCC(C)CCNC(C)(C)C)c1. The van der Waals surface area contributed by atoms with Crippen LogP contribution in [-0.4, -0.2) is 12.1 Å². The molecular weight excluding hydrogens is 230 g/mol. The molecule has 1 aromatic carbocycles. The van der Waals surface area contributed by atoms with Gasteiger partial charge >= 0.3 is 0 Å². The van der Waals surface area contributed by atoms with E-state index in [0.29, 0.717) is 0 Å². The Morgan fingerprint density at radius 3 is 2.42 bits per heavy atom. The van der Waals surface area contributed by atoms with E-state index >= 15 is 0 Å². The quantitative estimate of drug-likeness (QED) is 0.786. The van der Waals surface area contributed by atoms with Crippen molar-refractivity contribution in [3.63, 3.8) is 0 Å². The summed E-state index contributed by atoms with van der Waals surface area (Å²) >= 11 is 0. The molecule has 0 aromatic heterocycles. The van der Waals surface area contributed by atoms with Crippen molar-refractivity contribution in [2.75, 3.05) is 6.54 Å². The van der Waals surface area contributed by atoms with Gasteiger partial charge in [-0.3, -0.25) is 0 Å². The maximum atomic E-state index is 3.57. The summed E-state index contributed by atoms with van der Waals surface area (Å²) in [5.74, 6) is 0.787. The van der Waals surface area contributed by atoms with E-state index in [1.165, 1.54) is 36.0 Å².